The highest BCUT2D eigenvalue weighted by Gasteiger charge is 2.32. The van der Waals surface area contributed by atoms with Gasteiger partial charge in [0.15, 0.2) is 11.6 Å². The van der Waals surface area contributed by atoms with Gasteiger partial charge in [-0.15, -0.1) is 0 Å². The highest BCUT2D eigenvalue weighted by Crippen LogP contribution is 2.36. The fraction of sp³-hybridized carbons (Fsp3) is 0.348. The number of aryl methyl sites for hydroxylation is 2. The smallest absolute Gasteiger partial charge is 0.227 e. The lowest BCUT2D eigenvalue weighted by Gasteiger charge is -2.23. The maximum absolute atomic E-state index is 5.73. The zero-order chi connectivity index (χ0) is 21.9. The minimum atomic E-state index is 0.0393. The van der Waals surface area contributed by atoms with Gasteiger partial charge in [0, 0.05) is 42.3 Å². The number of H-pyrrole nitrogens is 1. The lowest BCUT2D eigenvalue weighted by atomic mass is 10.1. The van der Waals surface area contributed by atoms with Crippen molar-refractivity contribution in [2.24, 2.45) is 0 Å². The summed E-state index contributed by atoms with van der Waals surface area (Å²) in [5, 5.41) is 14.9. The first-order valence-corrected chi connectivity index (χ1v) is 11.0. The number of aromatic nitrogens is 6. The van der Waals surface area contributed by atoms with Crippen molar-refractivity contribution in [2.45, 2.75) is 45.6 Å². The molecule has 1 aliphatic rings. The van der Waals surface area contributed by atoms with Gasteiger partial charge in [0.1, 0.15) is 11.5 Å². The minimum Gasteiger partial charge on any atom is -0.358 e. The number of hydrogen-bond donors (Lipinski definition) is 2. The van der Waals surface area contributed by atoms with Crippen LogP contribution in [0.2, 0.25) is 0 Å². The van der Waals surface area contributed by atoms with E-state index in [4.69, 9.17) is 14.5 Å². The van der Waals surface area contributed by atoms with Crippen LogP contribution in [-0.4, -0.2) is 36.9 Å². The maximum Gasteiger partial charge on any atom is 0.227 e. The van der Waals surface area contributed by atoms with Crippen molar-refractivity contribution in [3.8, 4) is 11.4 Å². The molecule has 5 rings (SSSR count). The Morgan fingerprint density at radius 1 is 1.22 bits per heavy atom. The van der Waals surface area contributed by atoms with Crippen LogP contribution in [0.4, 0.5) is 17.6 Å². The first-order chi connectivity index (χ1) is 15.7. The molecule has 0 spiro atoms. The van der Waals surface area contributed by atoms with Crippen LogP contribution in [0.25, 0.3) is 11.4 Å². The Morgan fingerprint density at radius 3 is 2.94 bits per heavy atom. The van der Waals surface area contributed by atoms with Crippen LogP contribution in [0.15, 0.2) is 47.2 Å². The van der Waals surface area contributed by atoms with Gasteiger partial charge in [-0.2, -0.15) is 10.1 Å². The van der Waals surface area contributed by atoms with Crippen LogP contribution in [0.1, 0.15) is 49.2 Å². The molecular weight excluding hydrogens is 404 g/mol. The topological polar surface area (TPSA) is 109 Å². The van der Waals surface area contributed by atoms with Crippen molar-refractivity contribution in [2.75, 3.05) is 16.8 Å². The largest absolute Gasteiger partial charge is 0.358 e. The number of aromatic amines is 1. The van der Waals surface area contributed by atoms with Gasteiger partial charge in [-0.1, -0.05) is 24.6 Å². The summed E-state index contributed by atoms with van der Waals surface area (Å²) in [6.45, 7) is 4.98. The summed E-state index contributed by atoms with van der Waals surface area (Å²) in [5.41, 5.74) is 3.60. The third-order valence-corrected chi connectivity index (χ3v) is 5.62. The fourth-order valence-corrected chi connectivity index (χ4v) is 4.08. The van der Waals surface area contributed by atoms with E-state index in [0.717, 1.165) is 72.3 Å². The Morgan fingerprint density at radius 2 is 2.16 bits per heavy atom. The molecule has 1 unspecified atom stereocenters. The lowest BCUT2D eigenvalue weighted by Crippen LogP contribution is -2.25. The molecule has 1 saturated heterocycles. The van der Waals surface area contributed by atoms with Crippen molar-refractivity contribution < 1.29 is 4.52 Å². The predicted molar refractivity (Wildman–Crippen MR) is 122 cm³/mol. The molecule has 0 aromatic carbocycles. The van der Waals surface area contributed by atoms with E-state index in [9.17, 15) is 0 Å². The Balaban J connectivity index is 1.43. The second kappa shape index (κ2) is 8.78. The zero-order valence-electron chi connectivity index (χ0n) is 18.2. The Hall–Kier alpha value is -3.75. The third kappa shape index (κ3) is 4.05. The van der Waals surface area contributed by atoms with Gasteiger partial charge < -0.3 is 14.7 Å². The molecule has 0 bridgehead atoms. The van der Waals surface area contributed by atoms with Crippen LogP contribution in [-0.2, 0) is 6.42 Å². The van der Waals surface area contributed by atoms with E-state index in [0.29, 0.717) is 5.95 Å². The van der Waals surface area contributed by atoms with Crippen molar-refractivity contribution in [3.05, 3.63) is 59.7 Å². The third-order valence-electron chi connectivity index (χ3n) is 5.62. The van der Waals surface area contributed by atoms with Crippen LogP contribution in [0.3, 0.4) is 0 Å². The molecule has 1 fully saturated rings. The van der Waals surface area contributed by atoms with E-state index in [2.05, 4.69) is 37.5 Å². The molecule has 2 N–H and O–H groups in total. The Labute approximate surface area is 186 Å². The van der Waals surface area contributed by atoms with Crippen molar-refractivity contribution in [1.29, 1.82) is 0 Å². The van der Waals surface area contributed by atoms with Crippen LogP contribution in [0.5, 0.6) is 0 Å². The summed E-state index contributed by atoms with van der Waals surface area (Å²) < 4.78 is 5.73. The van der Waals surface area contributed by atoms with Crippen molar-refractivity contribution >= 4 is 17.6 Å². The average Bonchev–Trinajstić information content (AvgIpc) is 3.56. The van der Waals surface area contributed by atoms with E-state index in [1.807, 2.05) is 43.5 Å². The number of pyridine rings is 1. The van der Waals surface area contributed by atoms with E-state index in [1.165, 1.54) is 0 Å². The van der Waals surface area contributed by atoms with E-state index in [-0.39, 0.29) is 6.04 Å². The summed E-state index contributed by atoms with van der Waals surface area (Å²) in [7, 11) is 0. The Kier molecular flexibility index (Phi) is 5.53. The molecule has 0 saturated carbocycles. The van der Waals surface area contributed by atoms with Gasteiger partial charge in [0.25, 0.3) is 0 Å². The number of rotatable bonds is 7. The molecule has 1 aliphatic heterocycles. The number of nitrogens with zero attached hydrogens (tertiary/aromatic N) is 6. The summed E-state index contributed by atoms with van der Waals surface area (Å²) in [5.74, 6) is 3.03. The van der Waals surface area contributed by atoms with Crippen LogP contribution >= 0.6 is 0 Å². The molecule has 0 amide bonds. The summed E-state index contributed by atoms with van der Waals surface area (Å²) in [6, 6.07) is 9.74. The fourth-order valence-electron chi connectivity index (χ4n) is 4.08. The van der Waals surface area contributed by atoms with Gasteiger partial charge in [-0.25, -0.2) is 4.98 Å². The molecule has 0 radical (unpaired) electrons. The van der Waals surface area contributed by atoms with Gasteiger partial charge in [-0.05, 0) is 38.3 Å². The monoisotopic (exact) mass is 430 g/mol. The molecule has 4 aromatic rings. The van der Waals surface area contributed by atoms with E-state index in [1.54, 1.807) is 6.20 Å². The molecule has 0 aliphatic carbocycles. The van der Waals surface area contributed by atoms with Gasteiger partial charge >= 0.3 is 0 Å². The number of hydrogen-bond acceptors (Lipinski definition) is 8. The summed E-state index contributed by atoms with van der Waals surface area (Å²) in [6.07, 6.45) is 7.57. The van der Waals surface area contributed by atoms with E-state index < -0.39 is 0 Å². The quantitative estimate of drug-likeness (QED) is 0.438. The molecule has 32 heavy (non-hydrogen) atoms. The van der Waals surface area contributed by atoms with E-state index >= 15 is 0 Å². The summed E-state index contributed by atoms with van der Waals surface area (Å²) in [4.78, 5) is 16.2. The maximum atomic E-state index is 5.73. The van der Waals surface area contributed by atoms with Gasteiger partial charge in [0.05, 0.1) is 11.7 Å². The lowest BCUT2D eigenvalue weighted by molar-refractivity contribution is 0.362. The molecule has 9 heteroatoms. The zero-order valence-corrected chi connectivity index (χ0v) is 18.2. The van der Waals surface area contributed by atoms with Crippen molar-refractivity contribution in [3.63, 3.8) is 0 Å². The van der Waals surface area contributed by atoms with Gasteiger partial charge in [-0.3, -0.25) is 10.1 Å². The highest BCUT2D eigenvalue weighted by atomic mass is 16.5. The van der Waals surface area contributed by atoms with Gasteiger partial charge in [0.2, 0.25) is 5.95 Å². The highest BCUT2D eigenvalue weighted by molar-refractivity contribution is 5.58. The number of anilines is 3. The SMILES string of the molecule is CCCc1cnc(N2CCCC2c2cc(-c3ccccn3)no2)nc1Nc1cc(C)[nH]n1. The van der Waals surface area contributed by atoms with Crippen LogP contribution in [0, 0.1) is 6.92 Å². The molecule has 164 valence electrons. The second-order valence-electron chi connectivity index (χ2n) is 8.04. The molecule has 4 aromatic heterocycles. The summed E-state index contributed by atoms with van der Waals surface area (Å²) >= 11 is 0. The molecule has 9 nitrogen and oxygen atoms in total. The van der Waals surface area contributed by atoms with Crippen LogP contribution < -0.4 is 10.2 Å². The molecular formula is C23H26N8O. The van der Waals surface area contributed by atoms with Crippen molar-refractivity contribution in [1.82, 2.24) is 30.3 Å². The predicted octanol–water partition coefficient (Wildman–Crippen LogP) is 4.60. The minimum absolute atomic E-state index is 0.0393. The first-order valence-electron chi connectivity index (χ1n) is 11.0. The standard InChI is InChI=1S/C23H26N8O/c1-3-7-16-14-25-23(27-22(16)26-21-12-15(2)28-29-21)31-11-6-9-19(31)20-13-18(30-32-20)17-8-4-5-10-24-17/h4-5,8,10,12-14,19H,3,6-7,9,11H2,1-2H3,(H2,25,26,27,28,29). The first kappa shape index (κ1) is 20.2. The molecule has 1 atom stereocenters. The second-order valence-corrected chi connectivity index (χ2v) is 8.04. The normalized spacial score (nSPS) is 15.9. The Bertz CT molecular complexity index is 1190. The number of nitrogens with one attached hydrogen (secondary N) is 2. The average molecular weight is 431 g/mol. The molecule has 5 heterocycles.